The quantitative estimate of drug-likeness (QED) is 0.230. The molecule has 154 valence electrons. The van der Waals surface area contributed by atoms with Crippen molar-refractivity contribution in [3.05, 3.63) is 142 Å². The number of terminal acetylenes is 1. The second-order valence-corrected chi connectivity index (χ2v) is 7.29. The highest BCUT2D eigenvalue weighted by molar-refractivity contribution is 9.10. The van der Waals surface area contributed by atoms with Crippen molar-refractivity contribution in [2.45, 2.75) is 6.92 Å². The van der Waals surface area contributed by atoms with E-state index in [4.69, 9.17) is 6.42 Å². The Bertz CT molecular complexity index is 1210. The van der Waals surface area contributed by atoms with Gasteiger partial charge >= 0.3 is 0 Å². The van der Waals surface area contributed by atoms with Crippen molar-refractivity contribution in [3.63, 3.8) is 0 Å². The third kappa shape index (κ3) is 10.2. The highest BCUT2D eigenvalue weighted by Crippen LogP contribution is 2.09. The fraction of sp³-hybridized carbons (Fsp3) is 0.0323. The van der Waals surface area contributed by atoms with Gasteiger partial charge < -0.3 is 0 Å². The third-order valence-electron chi connectivity index (χ3n) is 3.95. The van der Waals surface area contributed by atoms with Crippen molar-refractivity contribution in [1.82, 2.24) is 0 Å². The topological polar surface area (TPSA) is 0 Å². The maximum absolute atomic E-state index is 5.10. The summed E-state index contributed by atoms with van der Waals surface area (Å²) in [6.07, 6.45) is 5.10. The first kappa shape index (κ1) is 24.3. The minimum atomic E-state index is 0.938. The van der Waals surface area contributed by atoms with Gasteiger partial charge in [0, 0.05) is 26.7 Å². The number of hydrogen-bond acceptors (Lipinski definition) is 0. The molecule has 0 aliphatic carbocycles. The summed E-state index contributed by atoms with van der Waals surface area (Å²) in [6.45, 7) is 1.84. The first-order chi connectivity index (χ1) is 15.7. The van der Waals surface area contributed by atoms with Gasteiger partial charge in [0.15, 0.2) is 0 Å². The lowest BCUT2D eigenvalue weighted by atomic mass is 10.2. The molecule has 0 N–H and O–H groups in total. The van der Waals surface area contributed by atoms with E-state index in [0.717, 1.165) is 26.7 Å². The van der Waals surface area contributed by atoms with Crippen molar-refractivity contribution in [1.29, 1.82) is 0 Å². The Hall–Kier alpha value is -3.96. The van der Waals surface area contributed by atoms with Crippen LogP contribution in [-0.2, 0) is 0 Å². The van der Waals surface area contributed by atoms with Crippen molar-refractivity contribution in [2.24, 2.45) is 0 Å². The van der Waals surface area contributed by atoms with Gasteiger partial charge in [-0.2, -0.15) is 0 Å². The van der Waals surface area contributed by atoms with Gasteiger partial charge in [0.2, 0.25) is 0 Å². The highest BCUT2D eigenvalue weighted by atomic mass is 79.9. The van der Waals surface area contributed by atoms with Gasteiger partial charge in [-0.1, -0.05) is 94.2 Å². The van der Waals surface area contributed by atoms with Gasteiger partial charge in [-0.25, -0.2) is 0 Å². The van der Waals surface area contributed by atoms with E-state index in [2.05, 4.69) is 45.5 Å². The highest BCUT2D eigenvalue weighted by Gasteiger charge is 1.87. The van der Waals surface area contributed by atoms with E-state index in [1.165, 1.54) is 0 Å². The molecule has 4 aromatic carbocycles. The fourth-order valence-electron chi connectivity index (χ4n) is 2.40. The van der Waals surface area contributed by atoms with E-state index in [9.17, 15) is 0 Å². The lowest BCUT2D eigenvalue weighted by molar-refractivity contribution is 1.59. The molecule has 32 heavy (non-hydrogen) atoms. The summed E-state index contributed by atoms with van der Waals surface area (Å²) in [6, 6.07) is 37.5. The molecule has 0 heterocycles. The molecule has 0 saturated heterocycles. The maximum Gasteiger partial charge on any atom is 0.0249 e. The molecule has 0 aromatic heterocycles. The number of halogens is 1. The summed E-state index contributed by atoms with van der Waals surface area (Å²) in [5, 5.41) is 0. The third-order valence-corrected chi connectivity index (χ3v) is 4.48. The molecule has 0 spiro atoms. The van der Waals surface area contributed by atoms with Crippen LogP contribution in [0.3, 0.4) is 0 Å². The summed E-state index contributed by atoms with van der Waals surface area (Å²) in [4.78, 5) is 0. The molecule has 4 aromatic rings. The van der Waals surface area contributed by atoms with Crippen LogP contribution in [0.2, 0.25) is 0 Å². The average Bonchev–Trinajstić information content (AvgIpc) is 2.86. The summed E-state index contributed by atoms with van der Waals surface area (Å²) >= 11 is 3.39. The van der Waals surface area contributed by atoms with Crippen LogP contribution in [0.25, 0.3) is 0 Å². The molecule has 4 rings (SSSR count). The van der Waals surface area contributed by atoms with Crippen molar-refractivity contribution >= 4 is 15.9 Å². The molecule has 1 heteroatoms. The average molecular weight is 475 g/mol. The Morgan fingerprint density at radius 1 is 0.500 bits per heavy atom. The minimum Gasteiger partial charge on any atom is -0.115 e. The van der Waals surface area contributed by atoms with Crippen LogP contribution in [-0.4, -0.2) is 0 Å². The van der Waals surface area contributed by atoms with Crippen LogP contribution in [0.5, 0.6) is 0 Å². The van der Waals surface area contributed by atoms with Crippen LogP contribution < -0.4 is 0 Å². The maximum atomic E-state index is 5.10. The number of rotatable bonds is 0. The first-order valence-corrected chi connectivity index (χ1v) is 10.8. The molecule has 0 atom stereocenters. The molecular weight excluding hydrogens is 452 g/mol. The van der Waals surface area contributed by atoms with Crippen LogP contribution in [0.15, 0.2) is 120 Å². The van der Waals surface area contributed by atoms with Crippen LogP contribution in [0.4, 0.5) is 0 Å². The smallest absolute Gasteiger partial charge is 0.0249 e. The van der Waals surface area contributed by atoms with Crippen molar-refractivity contribution in [2.75, 3.05) is 0 Å². The first-order valence-electron chi connectivity index (χ1n) is 10.0. The lowest BCUT2D eigenvalue weighted by Crippen LogP contribution is -1.74. The van der Waals surface area contributed by atoms with Gasteiger partial charge in [-0.05, 0) is 67.6 Å². The zero-order chi connectivity index (χ0) is 22.9. The fourth-order valence-corrected chi connectivity index (χ4v) is 2.66. The second-order valence-electron chi connectivity index (χ2n) is 6.37. The summed E-state index contributed by atoms with van der Waals surface area (Å²) in [5.41, 5.74) is 4.09. The predicted octanol–water partition coefficient (Wildman–Crippen LogP) is 7.57. The lowest BCUT2D eigenvalue weighted by Gasteiger charge is -1.90. The summed E-state index contributed by atoms with van der Waals surface area (Å²) in [5.74, 6) is 14.6. The Labute approximate surface area is 200 Å². The Kier molecular flexibility index (Phi) is 11.3. The van der Waals surface area contributed by atoms with Crippen LogP contribution in [0.1, 0.15) is 29.2 Å². The minimum absolute atomic E-state index is 0.938. The zero-order valence-electron chi connectivity index (χ0n) is 17.9. The molecule has 0 nitrogen and oxygen atoms in total. The van der Waals surface area contributed by atoms with E-state index in [1.807, 2.05) is 122 Å². The van der Waals surface area contributed by atoms with Gasteiger partial charge in [0.1, 0.15) is 0 Å². The Morgan fingerprint density at radius 2 is 0.875 bits per heavy atom. The van der Waals surface area contributed by atoms with Crippen LogP contribution >= 0.6 is 15.9 Å². The predicted molar refractivity (Wildman–Crippen MR) is 140 cm³/mol. The number of hydrogen-bond donors (Lipinski definition) is 0. The van der Waals surface area contributed by atoms with Crippen molar-refractivity contribution < 1.29 is 0 Å². The molecule has 0 fully saturated rings. The van der Waals surface area contributed by atoms with E-state index < -0.39 is 0 Å². The van der Waals surface area contributed by atoms with Crippen LogP contribution in [0, 0.1) is 36.0 Å². The summed E-state index contributed by atoms with van der Waals surface area (Å²) < 4.78 is 1.08. The molecule has 0 bridgehead atoms. The molecule has 0 amide bonds. The molecule has 0 radical (unpaired) electrons. The zero-order valence-corrected chi connectivity index (χ0v) is 19.5. The van der Waals surface area contributed by atoms with E-state index in [0.29, 0.717) is 0 Å². The van der Waals surface area contributed by atoms with Gasteiger partial charge in [-0.3, -0.25) is 0 Å². The van der Waals surface area contributed by atoms with Crippen molar-refractivity contribution in [3.8, 4) is 36.0 Å². The van der Waals surface area contributed by atoms with E-state index in [-0.39, 0.29) is 0 Å². The van der Waals surface area contributed by atoms with Gasteiger partial charge in [0.25, 0.3) is 0 Å². The molecular formula is C31H23Br. The Balaban J connectivity index is 0.000000183. The molecule has 0 unspecified atom stereocenters. The van der Waals surface area contributed by atoms with Gasteiger partial charge in [0.05, 0.1) is 0 Å². The standard InChI is InChI=1S/C14H9Br.C9H8.C8H6/c15-14-10-8-13(9-11-14)7-6-12-4-2-1-3-5-12;1-2-6-9-7-4-3-5-8-9;1-2-8-6-4-3-5-7-8/h1-5,8-11H;3-5,7-8H,1H3;1,3-7H. The normalized spacial score (nSPS) is 8.41. The largest absolute Gasteiger partial charge is 0.115 e. The SMILES string of the molecule is Brc1ccc(C#Cc2ccccc2)cc1.C#Cc1ccccc1.CC#Cc1ccccc1. The number of benzene rings is 4. The Morgan fingerprint density at radius 3 is 1.25 bits per heavy atom. The van der Waals surface area contributed by atoms with Gasteiger partial charge in [-0.15, -0.1) is 12.3 Å². The molecule has 0 aliphatic rings. The summed E-state index contributed by atoms with van der Waals surface area (Å²) in [7, 11) is 0. The second kappa shape index (κ2) is 14.9. The van der Waals surface area contributed by atoms with E-state index >= 15 is 0 Å². The molecule has 0 saturated carbocycles. The van der Waals surface area contributed by atoms with E-state index in [1.54, 1.807) is 0 Å². The molecule has 0 aliphatic heterocycles. The monoisotopic (exact) mass is 474 g/mol.